The van der Waals surface area contributed by atoms with Gasteiger partial charge in [-0.15, -0.1) is 0 Å². The van der Waals surface area contributed by atoms with Crippen LogP contribution in [0.1, 0.15) is 5.56 Å². The molecular formula is C13H12INO3. The van der Waals surface area contributed by atoms with Crippen molar-refractivity contribution in [2.24, 2.45) is 7.05 Å². The molecule has 1 aromatic heterocycles. The van der Waals surface area contributed by atoms with Gasteiger partial charge in [0.1, 0.15) is 0 Å². The van der Waals surface area contributed by atoms with E-state index in [2.05, 4.69) is 27.3 Å². The Hall–Kier alpha value is -1.37. The van der Waals surface area contributed by atoms with Gasteiger partial charge >= 0.3 is 5.97 Å². The summed E-state index contributed by atoms with van der Waals surface area (Å²) in [6.45, 7) is 0. The van der Waals surface area contributed by atoms with Crippen molar-refractivity contribution in [3.63, 3.8) is 0 Å². The SMILES string of the molecule is COC(=O)Cc1cc(=O)n(C)c2ccc(I)cc12. The Kier molecular flexibility index (Phi) is 3.70. The summed E-state index contributed by atoms with van der Waals surface area (Å²) in [4.78, 5) is 23.2. The van der Waals surface area contributed by atoms with Gasteiger partial charge in [-0.1, -0.05) is 0 Å². The van der Waals surface area contributed by atoms with E-state index in [-0.39, 0.29) is 17.9 Å². The predicted octanol–water partition coefficient (Wildman–Crippen LogP) is 1.86. The van der Waals surface area contributed by atoms with E-state index in [1.807, 2.05) is 18.2 Å². The number of hydrogen-bond donors (Lipinski definition) is 0. The molecule has 5 heteroatoms. The van der Waals surface area contributed by atoms with E-state index in [1.165, 1.54) is 13.2 Å². The molecule has 0 N–H and O–H groups in total. The summed E-state index contributed by atoms with van der Waals surface area (Å²) >= 11 is 2.20. The summed E-state index contributed by atoms with van der Waals surface area (Å²) in [5.74, 6) is -0.344. The van der Waals surface area contributed by atoms with E-state index in [4.69, 9.17) is 0 Å². The van der Waals surface area contributed by atoms with Gasteiger partial charge in [-0.2, -0.15) is 0 Å². The van der Waals surface area contributed by atoms with Crippen molar-refractivity contribution in [3.8, 4) is 0 Å². The number of carbonyl (C=O) groups is 1. The maximum atomic E-state index is 11.8. The van der Waals surface area contributed by atoms with Crippen LogP contribution in [0.2, 0.25) is 0 Å². The molecule has 1 heterocycles. The van der Waals surface area contributed by atoms with Crippen molar-refractivity contribution in [3.05, 3.63) is 43.8 Å². The van der Waals surface area contributed by atoms with Gasteiger partial charge in [-0.25, -0.2) is 0 Å². The van der Waals surface area contributed by atoms with Crippen LogP contribution in [0, 0.1) is 3.57 Å². The van der Waals surface area contributed by atoms with Gasteiger partial charge in [0.15, 0.2) is 0 Å². The van der Waals surface area contributed by atoms with Gasteiger partial charge < -0.3 is 9.30 Å². The van der Waals surface area contributed by atoms with Gasteiger partial charge in [0.05, 0.1) is 19.0 Å². The second kappa shape index (κ2) is 5.09. The van der Waals surface area contributed by atoms with Crippen molar-refractivity contribution in [2.75, 3.05) is 7.11 Å². The largest absolute Gasteiger partial charge is 0.469 e. The second-order valence-electron chi connectivity index (χ2n) is 3.98. The number of hydrogen-bond acceptors (Lipinski definition) is 3. The van der Waals surface area contributed by atoms with Crippen LogP contribution in [0.4, 0.5) is 0 Å². The highest BCUT2D eigenvalue weighted by Crippen LogP contribution is 2.20. The normalized spacial score (nSPS) is 10.6. The minimum Gasteiger partial charge on any atom is -0.469 e. The first kappa shape index (κ1) is 13.1. The third-order valence-corrected chi connectivity index (χ3v) is 3.53. The zero-order valence-corrected chi connectivity index (χ0v) is 12.2. The second-order valence-corrected chi connectivity index (χ2v) is 5.23. The minimum absolute atomic E-state index is 0.114. The molecule has 0 aliphatic carbocycles. The lowest BCUT2D eigenvalue weighted by Crippen LogP contribution is -2.18. The summed E-state index contributed by atoms with van der Waals surface area (Å²) in [7, 11) is 3.06. The topological polar surface area (TPSA) is 48.3 Å². The molecule has 0 aliphatic rings. The molecule has 0 radical (unpaired) electrons. The van der Waals surface area contributed by atoms with Crippen molar-refractivity contribution < 1.29 is 9.53 Å². The monoisotopic (exact) mass is 357 g/mol. The number of esters is 1. The molecule has 0 spiro atoms. The third kappa shape index (κ3) is 2.40. The summed E-state index contributed by atoms with van der Waals surface area (Å²) in [5, 5.41) is 0.911. The Morgan fingerprint density at radius 2 is 2.11 bits per heavy atom. The molecule has 0 unspecified atom stereocenters. The highest BCUT2D eigenvalue weighted by molar-refractivity contribution is 14.1. The van der Waals surface area contributed by atoms with Crippen molar-refractivity contribution in [1.82, 2.24) is 4.57 Å². The number of nitrogens with zero attached hydrogens (tertiary/aromatic N) is 1. The van der Waals surface area contributed by atoms with Crippen LogP contribution >= 0.6 is 22.6 Å². The molecule has 1 aromatic carbocycles. The van der Waals surface area contributed by atoms with E-state index in [0.29, 0.717) is 5.56 Å². The molecule has 0 amide bonds. The number of methoxy groups -OCH3 is 1. The Bertz CT molecular complexity index is 676. The Morgan fingerprint density at radius 1 is 1.39 bits per heavy atom. The van der Waals surface area contributed by atoms with Crippen molar-refractivity contribution >= 4 is 39.5 Å². The van der Waals surface area contributed by atoms with E-state index in [0.717, 1.165) is 14.5 Å². The maximum absolute atomic E-state index is 11.8. The van der Waals surface area contributed by atoms with E-state index < -0.39 is 0 Å². The zero-order valence-electron chi connectivity index (χ0n) is 10.1. The maximum Gasteiger partial charge on any atom is 0.310 e. The van der Waals surface area contributed by atoms with Crippen LogP contribution in [-0.2, 0) is 23.0 Å². The number of aromatic nitrogens is 1. The highest BCUT2D eigenvalue weighted by atomic mass is 127. The van der Waals surface area contributed by atoms with E-state index in [9.17, 15) is 9.59 Å². The van der Waals surface area contributed by atoms with Gasteiger partial charge in [0.25, 0.3) is 5.56 Å². The smallest absolute Gasteiger partial charge is 0.310 e. The average molecular weight is 357 g/mol. The van der Waals surface area contributed by atoms with Crippen molar-refractivity contribution in [2.45, 2.75) is 6.42 Å². The predicted molar refractivity (Wildman–Crippen MR) is 77.6 cm³/mol. The quantitative estimate of drug-likeness (QED) is 0.609. The summed E-state index contributed by atoms with van der Waals surface area (Å²) in [5.41, 5.74) is 1.41. The number of halogens is 1. The fourth-order valence-corrected chi connectivity index (χ4v) is 2.37. The van der Waals surface area contributed by atoms with Gasteiger partial charge in [-0.3, -0.25) is 9.59 Å². The molecule has 0 bridgehead atoms. The lowest BCUT2D eigenvalue weighted by molar-refractivity contribution is -0.139. The number of fused-ring (bicyclic) bond motifs is 1. The minimum atomic E-state index is -0.344. The molecule has 0 saturated carbocycles. The molecule has 2 rings (SSSR count). The number of benzene rings is 1. The number of pyridine rings is 1. The summed E-state index contributed by atoms with van der Waals surface area (Å²) in [6.07, 6.45) is 0.114. The van der Waals surface area contributed by atoms with Crippen LogP contribution in [0.3, 0.4) is 0 Å². The van der Waals surface area contributed by atoms with E-state index in [1.54, 1.807) is 11.6 Å². The van der Waals surface area contributed by atoms with Crippen LogP contribution in [0.15, 0.2) is 29.1 Å². The Labute approximate surface area is 118 Å². The summed E-state index contributed by atoms with van der Waals surface area (Å²) in [6, 6.07) is 7.28. The average Bonchev–Trinajstić information content (AvgIpc) is 2.35. The van der Waals surface area contributed by atoms with Gasteiger partial charge in [0, 0.05) is 22.1 Å². The lowest BCUT2D eigenvalue weighted by Gasteiger charge is -2.09. The molecular weight excluding hydrogens is 345 g/mol. The van der Waals surface area contributed by atoms with E-state index >= 15 is 0 Å². The first-order chi connectivity index (χ1) is 8.52. The molecule has 0 fully saturated rings. The van der Waals surface area contributed by atoms with Gasteiger partial charge in [0.2, 0.25) is 0 Å². The van der Waals surface area contributed by atoms with Crippen LogP contribution in [0.25, 0.3) is 10.9 Å². The fraction of sp³-hybridized carbons (Fsp3) is 0.231. The van der Waals surface area contributed by atoms with Gasteiger partial charge in [-0.05, 0) is 46.4 Å². The van der Waals surface area contributed by atoms with Crippen molar-refractivity contribution in [1.29, 1.82) is 0 Å². The first-order valence-electron chi connectivity index (χ1n) is 5.38. The molecule has 18 heavy (non-hydrogen) atoms. The zero-order chi connectivity index (χ0) is 13.3. The molecule has 0 atom stereocenters. The number of rotatable bonds is 2. The van der Waals surface area contributed by atoms with Crippen LogP contribution < -0.4 is 5.56 Å². The number of ether oxygens (including phenoxy) is 1. The molecule has 0 saturated heterocycles. The van der Waals surface area contributed by atoms with Crippen LogP contribution in [0.5, 0.6) is 0 Å². The highest BCUT2D eigenvalue weighted by Gasteiger charge is 2.11. The standard InChI is InChI=1S/C13H12INO3/c1-15-11-4-3-9(14)7-10(11)8(5-12(15)16)6-13(17)18-2/h3-5,7H,6H2,1-2H3. The summed E-state index contributed by atoms with van der Waals surface area (Å²) < 4.78 is 7.29. The number of carbonyl (C=O) groups excluding carboxylic acids is 1. The Balaban J connectivity index is 2.72. The fourth-order valence-electron chi connectivity index (χ4n) is 1.87. The Morgan fingerprint density at radius 3 is 2.78 bits per heavy atom. The molecule has 4 nitrogen and oxygen atoms in total. The molecule has 2 aromatic rings. The number of aryl methyl sites for hydroxylation is 1. The third-order valence-electron chi connectivity index (χ3n) is 2.86. The molecule has 0 aliphatic heterocycles. The molecule has 94 valence electrons. The lowest BCUT2D eigenvalue weighted by atomic mass is 10.1. The first-order valence-corrected chi connectivity index (χ1v) is 6.46. The van der Waals surface area contributed by atoms with Crippen LogP contribution in [-0.4, -0.2) is 17.6 Å².